The van der Waals surface area contributed by atoms with Crippen molar-refractivity contribution in [3.63, 3.8) is 0 Å². The van der Waals surface area contributed by atoms with Gasteiger partial charge >= 0.3 is 18.0 Å². The maximum absolute atomic E-state index is 11.9. The Labute approximate surface area is 108 Å². The fraction of sp³-hybridized carbons (Fsp3) is 0.545. The number of carbonyl (C=O) groups excluding carboxylic acids is 5. The molecular formula is C11H12N2O6. The molecule has 0 N–H and O–H groups in total. The van der Waals surface area contributed by atoms with Gasteiger partial charge in [0.05, 0.1) is 12.3 Å². The van der Waals surface area contributed by atoms with Gasteiger partial charge < -0.3 is 4.74 Å². The van der Waals surface area contributed by atoms with Gasteiger partial charge in [-0.3, -0.25) is 29.0 Å². The normalized spacial score (nSPS) is 25.4. The molecule has 1 atom stereocenters. The Bertz CT molecular complexity index is 475. The molecule has 102 valence electrons. The summed E-state index contributed by atoms with van der Waals surface area (Å²) in [5, 5.41) is 0. The predicted molar refractivity (Wildman–Crippen MR) is 58.2 cm³/mol. The summed E-state index contributed by atoms with van der Waals surface area (Å²) in [4.78, 5) is 59.2. The second-order valence-electron chi connectivity index (χ2n) is 4.56. The first-order chi connectivity index (χ1) is 8.82. The Morgan fingerprint density at radius 3 is 2.00 bits per heavy atom. The van der Waals surface area contributed by atoms with Crippen LogP contribution in [0.25, 0.3) is 0 Å². The molecule has 4 amide bonds. The van der Waals surface area contributed by atoms with Crippen molar-refractivity contribution in [2.24, 2.45) is 11.8 Å². The Morgan fingerprint density at radius 2 is 1.58 bits per heavy atom. The van der Waals surface area contributed by atoms with Gasteiger partial charge in [0, 0.05) is 14.1 Å². The molecule has 0 aromatic rings. The second kappa shape index (κ2) is 4.45. The topological polar surface area (TPSA) is 101 Å². The number of hydrogen-bond donors (Lipinski definition) is 0. The average molecular weight is 268 g/mol. The standard InChI is InChI=1S/C11H12N2O6/c1-12-8(15)6(9(16)13(2)11(12)18)3-5-4-7(14)19-10(5)17/h5-6H,3-4H2,1-2H3/t5-/m1/s1. The van der Waals surface area contributed by atoms with E-state index in [2.05, 4.69) is 4.74 Å². The lowest BCUT2D eigenvalue weighted by Gasteiger charge is -2.33. The number of urea groups is 1. The van der Waals surface area contributed by atoms with Gasteiger partial charge in [0.15, 0.2) is 0 Å². The Hall–Kier alpha value is -2.25. The predicted octanol–water partition coefficient (Wildman–Crippen LogP) is -0.867. The average Bonchev–Trinajstić information content (AvgIpc) is 2.68. The van der Waals surface area contributed by atoms with E-state index in [1.165, 1.54) is 14.1 Å². The summed E-state index contributed by atoms with van der Waals surface area (Å²) in [6.07, 6.45) is -0.262. The highest BCUT2D eigenvalue weighted by Gasteiger charge is 2.46. The molecule has 0 aromatic carbocycles. The van der Waals surface area contributed by atoms with E-state index in [4.69, 9.17) is 0 Å². The first-order valence-electron chi connectivity index (χ1n) is 5.66. The summed E-state index contributed by atoms with van der Waals surface area (Å²) in [6.45, 7) is 0. The van der Waals surface area contributed by atoms with Gasteiger partial charge in [0.1, 0.15) is 5.92 Å². The van der Waals surface area contributed by atoms with Crippen LogP contribution in [0.2, 0.25) is 0 Å². The lowest BCUT2D eigenvalue weighted by Crippen LogP contribution is -2.57. The van der Waals surface area contributed by atoms with Crippen LogP contribution in [0, 0.1) is 11.8 Å². The quantitative estimate of drug-likeness (QED) is 0.476. The summed E-state index contributed by atoms with van der Waals surface area (Å²) in [6, 6.07) is -0.712. The Kier molecular flexibility index (Phi) is 3.09. The van der Waals surface area contributed by atoms with Crippen molar-refractivity contribution in [2.75, 3.05) is 14.1 Å². The second-order valence-corrected chi connectivity index (χ2v) is 4.56. The number of rotatable bonds is 2. The maximum atomic E-state index is 11.9. The summed E-state index contributed by atoms with van der Waals surface area (Å²) in [7, 11) is 2.53. The minimum atomic E-state index is -1.13. The fourth-order valence-electron chi connectivity index (χ4n) is 2.17. The molecule has 19 heavy (non-hydrogen) atoms. The molecule has 2 aliphatic heterocycles. The van der Waals surface area contributed by atoms with Gasteiger partial charge in [-0.15, -0.1) is 0 Å². The van der Waals surface area contributed by atoms with Crippen molar-refractivity contribution >= 4 is 29.8 Å². The van der Waals surface area contributed by atoms with E-state index in [0.29, 0.717) is 0 Å². The minimum absolute atomic E-state index is 0.121. The van der Waals surface area contributed by atoms with Crippen LogP contribution in [0.4, 0.5) is 4.79 Å². The monoisotopic (exact) mass is 268 g/mol. The molecule has 0 aromatic heterocycles. The summed E-state index contributed by atoms with van der Waals surface area (Å²) in [5.41, 5.74) is 0. The first kappa shape index (κ1) is 13.2. The van der Waals surface area contributed by atoms with E-state index in [9.17, 15) is 24.0 Å². The minimum Gasteiger partial charge on any atom is -0.393 e. The number of barbiturate groups is 1. The third-order valence-electron chi connectivity index (χ3n) is 3.31. The van der Waals surface area contributed by atoms with Gasteiger partial charge in [-0.05, 0) is 6.42 Å². The lowest BCUT2D eigenvalue weighted by atomic mass is 9.90. The molecule has 2 fully saturated rings. The number of cyclic esters (lactones) is 2. The van der Waals surface area contributed by atoms with Gasteiger partial charge in [-0.1, -0.05) is 0 Å². The molecule has 2 heterocycles. The maximum Gasteiger partial charge on any atom is 0.332 e. The van der Waals surface area contributed by atoms with Crippen molar-refractivity contribution in [3.8, 4) is 0 Å². The molecule has 2 rings (SSSR count). The fourth-order valence-corrected chi connectivity index (χ4v) is 2.17. The third kappa shape index (κ3) is 2.09. The van der Waals surface area contributed by atoms with Crippen LogP contribution >= 0.6 is 0 Å². The van der Waals surface area contributed by atoms with Crippen molar-refractivity contribution in [2.45, 2.75) is 12.8 Å². The van der Waals surface area contributed by atoms with E-state index >= 15 is 0 Å². The van der Waals surface area contributed by atoms with Gasteiger partial charge in [0.25, 0.3) is 0 Å². The van der Waals surface area contributed by atoms with E-state index in [1.54, 1.807) is 0 Å². The highest BCUT2D eigenvalue weighted by molar-refractivity contribution is 6.16. The Balaban J connectivity index is 2.17. The summed E-state index contributed by atoms with van der Waals surface area (Å²) in [5.74, 6) is -4.66. The molecule has 8 nitrogen and oxygen atoms in total. The Morgan fingerprint density at radius 1 is 1.05 bits per heavy atom. The zero-order valence-corrected chi connectivity index (χ0v) is 10.4. The smallest absolute Gasteiger partial charge is 0.332 e. The SMILES string of the molecule is CN1C(=O)C(C[C@@H]2CC(=O)OC2=O)C(=O)N(C)C1=O. The summed E-state index contributed by atoms with van der Waals surface area (Å²) >= 11 is 0. The molecule has 0 radical (unpaired) electrons. The molecule has 2 aliphatic rings. The van der Waals surface area contributed by atoms with Crippen molar-refractivity contribution in [1.82, 2.24) is 9.80 Å². The zero-order chi connectivity index (χ0) is 14.3. The highest BCUT2D eigenvalue weighted by atomic mass is 16.6. The highest BCUT2D eigenvalue weighted by Crippen LogP contribution is 2.28. The number of amides is 4. The van der Waals surface area contributed by atoms with Crippen LogP contribution in [-0.4, -0.2) is 53.7 Å². The van der Waals surface area contributed by atoms with Gasteiger partial charge in [-0.25, -0.2) is 4.79 Å². The number of carbonyl (C=O) groups is 5. The number of hydrogen-bond acceptors (Lipinski definition) is 6. The van der Waals surface area contributed by atoms with Crippen LogP contribution in [0.15, 0.2) is 0 Å². The van der Waals surface area contributed by atoms with Crippen molar-refractivity contribution in [3.05, 3.63) is 0 Å². The van der Waals surface area contributed by atoms with E-state index in [-0.39, 0.29) is 12.8 Å². The molecule has 2 saturated heterocycles. The van der Waals surface area contributed by atoms with Crippen LogP contribution < -0.4 is 0 Å². The largest absolute Gasteiger partial charge is 0.393 e. The number of ether oxygens (including phenoxy) is 1. The van der Waals surface area contributed by atoms with E-state index in [1.807, 2.05) is 0 Å². The van der Waals surface area contributed by atoms with Crippen LogP contribution in [0.3, 0.4) is 0 Å². The number of esters is 2. The number of imide groups is 2. The first-order valence-corrected chi connectivity index (χ1v) is 5.66. The van der Waals surface area contributed by atoms with Gasteiger partial charge in [-0.2, -0.15) is 0 Å². The molecular weight excluding hydrogens is 256 g/mol. The van der Waals surface area contributed by atoms with Crippen LogP contribution in [0.5, 0.6) is 0 Å². The van der Waals surface area contributed by atoms with Crippen LogP contribution in [-0.2, 0) is 23.9 Å². The molecule has 0 spiro atoms. The summed E-state index contributed by atoms with van der Waals surface area (Å²) < 4.78 is 4.37. The number of nitrogens with zero attached hydrogens (tertiary/aromatic N) is 2. The van der Waals surface area contributed by atoms with E-state index < -0.39 is 41.6 Å². The third-order valence-corrected chi connectivity index (χ3v) is 3.31. The van der Waals surface area contributed by atoms with Crippen molar-refractivity contribution < 1.29 is 28.7 Å². The molecule has 0 bridgehead atoms. The van der Waals surface area contributed by atoms with Gasteiger partial charge in [0.2, 0.25) is 11.8 Å². The molecule has 8 heteroatoms. The molecule has 0 aliphatic carbocycles. The zero-order valence-electron chi connectivity index (χ0n) is 10.4. The van der Waals surface area contributed by atoms with Crippen LogP contribution in [0.1, 0.15) is 12.8 Å². The van der Waals surface area contributed by atoms with Crippen molar-refractivity contribution in [1.29, 1.82) is 0 Å². The molecule has 0 saturated carbocycles. The lowest BCUT2D eigenvalue weighted by molar-refractivity contribution is -0.153. The molecule has 0 unspecified atom stereocenters. The van der Waals surface area contributed by atoms with E-state index in [0.717, 1.165) is 9.80 Å².